The van der Waals surface area contributed by atoms with Gasteiger partial charge in [0, 0.05) is 36.6 Å². The van der Waals surface area contributed by atoms with Crippen LogP contribution in [-0.4, -0.2) is 70.8 Å². The molecule has 11 heteroatoms. The van der Waals surface area contributed by atoms with Gasteiger partial charge < -0.3 is 15.7 Å². The number of nitrogen functional groups attached to an aromatic ring is 1. The number of aromatic nitrogens is 6. The van der Waals surface area contributed by atoms with Crippen LogP contribution in [0.25, 0.3) is 22.6 Å². The van der Waals surface area contributed by atoms with Crippen LogP contribution < -0.4 is 5.73 Å². The highest BCUT2D eigenvalue weighted by molar-refractivity contribution is 6.00. The van der Waals surface area contributed by atoms with Crippen molar-refractivity contribution in [3.63, 3.8) is 0 Å². The molecule has 0 fully saturated rings. The molecule has 0 bridgehead atoms. The quantitative estimate of drug-likeness (QED) is 0.340. The van der Waals surface area contributed by atoms with Gasteiger partial charge in [-0.05, 0) is 51.3 Å². The summed E-state index contributed by atoms with van der Waals surface area (Å²) in [6, 6.07) is 5.56. The number of aryl methyl sites for hydroxylation is 2. The van der Waals surface area contributed by atoms with E-state index in [1.807, 2.05) is 38.2 Å². The maximum Gasteiger partial charge on any atom is 0.248 e. The maximum atomic E-state index is 12.5. The summed E-state index contributed by atoms with van der Waals surface area (Å²) in [6.07, 6.45) is 6.91. The lowest BCUT2D eigenvalue weighted by atomic mass is 10.0. The molecule has 1 atom stereocenters. The SMILES string of the molecule is CC[C@H](CCc1nc2c(-c3ccc(-n4ccc(C)n4)nc3)cnn2c(N)c1C(C)=O)N(C)C(=O)CO. The molecule has 0 aromatic carbocycles. The minimum Gasteiger partial charge on any atom is -0.387 e. The largest absolute Gasteiger partial charge is 0.387 e. The van der Waals surface area contributed by atoms with Crippen molar-refractivity contribution in [2.45, 2.75) is 46.1 Å². The summed E-state index contributed by atoms with van der Waals surface area (Å²) in [5.41, 5.74) is 10.2. The highest BCUT2D eigenvalue weighted by atomic mass is 16.3. The van der Waals surface area contributed by atoms with Crippen LogP contribution in [0.15, 0.2) is 36.8 Å². The Balaban J connectivity index is 1.71. The van der Waals surface area contributed by atoms with Crippen molar-refractivity contribution in [3.05, 3.63) is 53.7 Å². The Labute approximate surface area is 208 Å². The van der Waals surface area contributed by atoms with Crippen LogP contribution in [-0.2, 0) is 11.2 Å². The summed E-state index contributed by atoms with van der Waals surface area (Å²) in [7, 11) is 1.67. The fourth-order valence-electron chi connectivity index (χ4n) is 4.35. The van der Waals surface area contributed by atoms with Crippen LogP contribution in [0.3, 0.4) is 0 Å². The molecule has 0 aliphatic carbocycles. The normalized spacial score (nSPS) is 12.1. The predicted molar refractivity (Wildman–Crippen MR) is 135 cm³/mol. The number of pyridine rings is 1. The number of likely N-dealkylation sites (N-methyl/N-ethyl adjacent to an activating group) is 1. The van der Waals surface area contributed by atoms with Gasteiger partial charge in [-0.25, -0.2) is 14.6 Å². The van der Waals surface area contributed by atoms with E-state index >= 15 is 0 Å². The fraction of sp³-hybridized carbons (Fsp3) is 0.360. The average molecular weight is 491 g/mol. The molecule has 4 heterocycles. The first kappa shape index (κ1) is 25.0. The first-order chi connectivity index (χ1) is 17.2. The molecule has 0 radical (unpaired) electrons. The van der Waals surface area contributed by atoms with E-state index in [0.717, 1.165) is 16.8 Å². The van der Waals surface area contributed by atoms with Gasteiger partial charge >= 0.3 is 0 Å². The Morgan fingerprint density at radius 1 is 1.22 bits per heavy atom. The number of nitrogens with two attached hydrogens (primary N) is 1. The van der Waals surface area contributed by atoms with E-state index in [0.29, 0.717) is 42.0 Å². The number of hydrogen-bond donors (Lipinski definition) is 2. The van der Waals surface area contributed by atoms with Crippen molar-refractivity contribution in [2.75, 3.05) is 19.4 Å². The van der Waals surface area contributed by atoms with E-state index in [4.69, 9.17) is 10.7 Å². The van der Waals surface area contributed by atoms with Crippen LogP contribution in [0.1, 0.15) is 48.4 Å². The zero-order chi connectivity index (χ0) is 26.0. The number of fused-ring (bicyclic) bond motifs is 1. The predicted octanol–water partition coefficient (Wildman–Crippen LogP) is 2.23. The molecule has 0 aliphatic heterocycles. The Hall–Kier alpha value is -4.12. The van der Waals surface area contributed by atoms with Crippen molar-refractivity contribution in [1.82, 2.24) is 34.3 Å². The molecule has 11 nitrogen and oxygen atoms in total. The van der Waals surface area contributed by atoms with Crippen LogP contribution >= 0.6 is 0 Å². The van der Waals surface area contributed by atoms with Gasteiger partial charge in [-0.2, -0.15) is 14.7 Å². The zero-order valence-corrected chi connectivity index (χ0v) is 20.8. The number of hydrogen-bond acceptors (Lipinski definition) is 8. The molecular formula is C25H30N8O3. The van der Waals surface area contributed by atoms with Gasteiger partial charge in [-0.15, -0.1) is 0 Å². The van der Waals surface area contributed by atoms with Gasteiger partial charge in [0.25, 0.3) is 0 Å². The first-order valence-corrected chi connectivity index (χ1v) is 11.8. The number of rotatable bonds is 9. The van der Waals surface area contributed by atoms with Crippen molar-refractivity contribution < 1.29 is 14.7 Å². The Morgan fingerprint density at radius 2 is 2.00 bits per heavy atom. The maximum absolute atomic E-state index is 12.5. The second-order valence-corrected chi connectivity index (χ2v) is 8.74. The summed E-state index contributed by atoms with van der Waals surface area (Å²) in [5, 5.41) is 18.0. The molecule has 0 saturated heterocycles. The number of carbonyl (C=O) groups is 2. The van der Waals surface area contributed by atoms with E-state index in [1.165, 1.54) is 16.3 Å². The van der Waals surface area contributed by atoms with Gasteiger partial charge in [0.15, 0.2) is 17.2 Å². The van der Waals surface area contributed by atoms with Crippen LogP contribution in [0.5, 0.6) is 0 Å². The topological polar surface area (TPSA) is 145 Å². The van der Waals surface area contributed by atoms with Crippen LogP contribution in [0.2, 0.25) is 0 Å². The molecule has 0 aliphatic rings. The van der Waals surface area contributed by atoms with Crippen molar-refractivity contribution >= 4 is 23.2 Å². The van der Waals surface area contributed by atoms with Gasteiger partial charge in [0.2, 0.25) is 5.91 Å². The molecule has 4 rings (SSSR count). The third-order valence-corrected chi connectivity index (χ3v) is 6.39. The molecule has 36 heavy (non-hydrogen) atoms. The van der Waals surface area contributed by atoms with E-state index in [-0.39, 0.29) is 23.6 Å². The molecule has 1 amide bonds. The molecule has 0 unspecified atom stereocenters. The number of aliphatic hydroxyl groups is 1. The third kappa shape index (κ3) is 4.69. The monoisotopic (exact) mass is 490 g/mol. The first-order valence-electron chi connectivity index (χ1n) is 11.8. The van der Waals surface area contributed by atoms with Crippen molar-refractivity contribution in [2.24, 2.45) is 0 Å². The molecule has 0 spiro atoms. The van der Waals surface area contributed by atoms with Crippen molar-refractivity contribution in [1.29, 1.82) is 0 Å². The molecule has 4 aromatic rings. The van der Waals surface area contributed by atoms with Crippen LogP contribution in [0.4, 0.5) is 5.82 Å². The Morgan fingerprint density at radius 3 is 2.58 bits per heavy atom. The van der Waals surface area contributed by atoms with Crippen molar-refractivity contribution in [3.8, 4) is 16.9 Å². The number of Topliss-reactive ketones (excluding diaryl/α,β-unsaturated/α-hetero) is 1. The van der Waals surface area contributed by atoms with Gasteiger partial charge in [-0.3, -0.25) is 9.59 Å². The third-order valence-electron chi connectivity index (χ3n) is 6.39. The van der Waals surface area contributed by atoms with Gasteiger partial charge in [-0.1, -0.05) is 6.92 Å². The Bertz CT molecular complexity index is 1410. The zero-order valence-electron chi connectivity index (χ0n) is 20.8. The van der Waals surface area contributed by atoms with E-state index < -0.39 is 6.61 Å². The number of ketones is 1. The second kappa shape index (κ2) is 10.2. The molecular weight excluding hydrogens is 460 g/mol. The highest BCUT2D eigenvalue weighted by Crippen LogP contribution is 2.28. The molecule has 0 saturated carbocycles. The van der Waals surface area contributed by atoms with E-state index in [1.54, 1.807) is 24.1 Å². The number of anilines is 1. The molecule has 3 N–H and O–H groups in total. The summed E-state index contributed by atoms with van der Waals surface area (Å²) in [6.45, 7) is 4.79. The van der Waals surface area contributed by atoms with Crippen LogP contribution in [0, 0.1) is 6.92 Å². The van der Waals surface area contributed by atoms with Gasteiger partial charge in [0.1, 0.15) is 12.4 Å². The number of aliphatic hydroxyl groups excluding tert-OH is 1. The summed E-state index contributed by atoms with van der Waals surface area (Å²) in [5.74, 6) is 0.346. The van der Waals surface area contributed by atoms with E-state index in [9.17, 15) is 14.7 Å². The lowest BCUT2D eigenvalue weighted by Gasteiger charge is -2.27. The summed E-state index contributed by atoms with van der Waals surface area (Å²) in [4.78, 5) is 35.3. The van der Waals surface area contributed by atoms with Gasteiger partial charge in [0.05, 0.1) is 23.1 Å². The lowest BCUT2D eigenvalue weighted by molar-refractivity contribution is -0.135. The minimum atomic E-state index is -0.547. The Kier molecular flexibility index (Phi) is 7.11. The molecule has 188 valence electrons. The second-order valence-electron chi connectivity index (χ2n) is 8.74. The summed E-state index contributed by atoms with van der Waals surface area (Å²) >= 11 is 0. The standard InChI is InChI=1S/C25H30N8O3/c1-5-18(31(4)22(36)14-34)7-8-20-23(16(3)35)24(26)33-25(29-20)19(13-28-33)17-6-9-21(27-12-17)32-11-10-15(2)30-32/h6,9-13,18,34H,5,7-8,14,26H2,1-4H3/t18-/m1/s1. The average Bonchev–Trinajstić information content (AvgIpc) is 3.50. The minimum absolute atomic E-state index is 0.115. The number of nitrogens with zero attached hydrogens (tertiary/aromatic N) is 7. The molecule has 4 aromatic heterocycles. The summed E-state index contributed by atoms with van der Waals surface area (Å²) < 4.78 is 3.17. The number of amides is 1. The smallest absolute Gasteiger partial charge is 0.248 e. The van der Waals surface area contributed by atoms with E-state index in [2.05, 4.69) is 15.2 Å². The highest BCUT2D eigenvalue weighted by Gasteiger charge is 2.23. The fourth-order valence-corrected chi connectivity index (χ4v) is 4.35. The lowest BCUT2D eigenvalue weighted by Crippen LogP contribution is -2.38. The number of carbonyl (C=O) groups excluding carboxylic acids is 2.